The Morgan fingerprint density at radius 3 is 0.531 bits per heavy atom. The van der Waals surface area contributed by atoms with Crippen LogP contribution in [0.5, 0.6) is 0 Å². The zero-order valence-corrected chi connectivity index (χ0v) is 83.1. The van der Waals surface area contributed by atoms with Gasteiger partial charge >= 0.3 is 0 Å². The highest BCUT2D eigenvalue weighted by atomic mass is 33.1. The van der Waals surface area contributed by atoms with Crippen molar-refractivity contribution in [1.29, 1.82) is 0 Å². The second-order valence-corrected chi connectivity index (χ2v) is 62.7. The Morgan fingerprint density at radius 1 is 0.198 bits per heavy atom. The van der Waals surface area contributed by atoms with E-state index in [0.717, 1.165) is 17.9 Å². The summed E-state index contributed by atoms with van der Waals surface area (Å²) in [5.74, 6) is 33.4. The summed E-state index contributed by atoms with van der Waals surface area (Å²) in [6.45, 7) is 70.0. The van der Waals surface area contributed by atoms with E-state index in [0.29, 0.717) is 71.9 Å². The number of hydrogen-bond donors (Lipinski definition) is 0. The Hall–Kier alpha value is 4.66. The molecule has 16 heteroatoms. The fraction of sp³-hybridized carbons (Fsp3) is 0.963. The molecule has 8 heterocycles. The standard InChI is InChI=1S/C7H14S2.2C6H12S2.2C5H10S2.C5H10S.8C5H12.C3H6OS2.C3H6S2/c1-9-7-5-3-2-4-6-8-9;1-8-6-4-2-3-5-7-8;1-2-4-6-8-7-5-3-1;1-7-5-3-2-4-6-7;1-2-4-6-7-5-3-1;1-2-4-6-5-3-1;8*1-5(2,3)4;4-6-3-1-2-5-6;1-2-4-5-3-1/h1-7H2;2*1-6H2;2*1-5H2;1-5H2;8*1-4H3;1-3H2;1-3H2. The van der Waals surface area contributed by atoms with Crippen molar-refractivity contribution >= 4 is 176 Å². The van der Waals surface area contributed by atoms with E-state index in [2.05, 4.69) is 273 Å². The highest BCUT2D eigenvalue weighted by molar-refractivity contribution is 8.84. The van der Waals surface area contributed by atoms with Gasteiger partial charge in [-0.25, -0.2) is 4.21 Å². The van der Waals surface area contributed by atoms with Crippen molar-refractivity contribution in [3.05, 3.63) is 0 Å². The first kappa shape index (κ1) is 116. The van der Waals surface area contributed by atoms with Crippen molar-refractivity contribution in [2.24, 2.45) is 43.3 Å². The molecule has 0 aromatic rings. The van der Waals surface area contributed by atoms with Crippen molar-refractivity contribution < 1.29 is 4.21 Å². The summed E-state index contributed by atoms with van der Waals surface area (Å²) in [4.78, 5) is 0. The maximum atomic E-state index is 10.3. The van der Waals surface area contributed by atoms with E-state index >= 15 is 0 Å². The van der Waals surface area contributed by atoms with Crippen molar-refractivity contribution in [1.82, 2.24) is 0 Å². The van der Waals surface area contributed by atoms with Gasteiger partial charge in [-0.3, -0.25) is 0 Å². The second kappa shape index (κ2) is 76.4. The molecular formula is C80H176OS15. The Balaban J connectivity index is -0.000000144. The highest BCUT2D eigenvalue weighted by Crippen LogP contribution is 2.36. The lowest BCUT2D eigenvalue weighted by molar-refractivity contribution is 0.469. The third-order valence-corrected chi connectivity index (χ3v) is 31.0. The molecule has 4 unspecified atom stereocenters. The van der Waals surface area contributed by atoms with Crippen molar-refractivity contribution in [3.63, 3.8) is 0 Å². The van der Waals surface area contributed by atoms with Gasteiger partial charge in [0.15, 0.2) is 0 Å². The lowest BCUT2D eigenvalue weighted by Gasteiger charge is -2.11. The van der Waals surface area contributed by atoms with Gasteiger partial charge in [-0.1, -0.05) is 360 Å². The smallest absolute Gasteiger partial charge is 0.0804 e. The van der Waals surface area contributed by atoms with Crippen LogP contribution in [0.15, 0.2) is 0 Å². The van der Waals surface area contributed by atoms with Gasteiger partial charge in [-0.05, 0) is 162 Å². The highest BCUT2D eigenvalue weighted by Gasteiger charge is 2.08. The van der Waals surface area contributed by atoms with Gasteiger partial charge in [-0.2, -0.15) is 11.8 Å². The fourth-order valence-electron chi connectivity index (χ4n) is 5.11. The Bertz CT molecular complexity index is 1330. The van der Waals surface area contributed by atoms with E-state index in [1.807, 2.05) is 75.6 Å². The van der Waals surface area contributed by atoms with Gasteiger partial charge in [0.2, 0.25) is 0 Å². The number of rotatable bonds is 0. The van der Waals surface area contributed by atoms with Crippen LogP contribution in [-0.2, 0) is 9.83 Å². The third kappa shape index (κ3) is 225. The molecule has 0 aromatic heterocycles. The minimum absolute atomic E-state index is 0.448. The molecule has 0 spiro atoms. The van der Waals surface area contributed by atoms with Gasteiger partial charge in [0.25, 0.3) is 0 Å². The van der Waals surface area contributed by atoms with Crippen LogP contribution in [0.3, 0.4) is 0 Å². The normalized spacial score (nSPS) is 21.6. The molecule has 0 N–H and O–H groups in total. The van der Waals surface area contributed by atoms with Crippen LogP contribution in [0.1, 0.15) is 356 Å². The van der Waals surface area contributed by atoms with Crippen molar-refractivity contribution in [3.8, 4) is 0 Å². The average molecular weight is 1640 g/mol. The van der Waals surface area contributed by atoms with E-state index in [1.165, 1.54) is 209 Å². The molecule has 8 saturated heterocycles. The zero-order valence-electron chi connectivity index (χ0n) is 70.8. The number of thioether (sulfide) groups is 1. The van der Waals surface area contributed by atoms with E-state index in [4.69, 9.17) is 0 Å². The molecule has 0 saturated carbocycles. The largest absolute Gasteiger partial charge is 0.248 e. The van der Waals surface area contributed by atoms with Crippen molar-refractivity contribution in [2.45, 2.75) is 356 Å². The van der Waals surface area contributed by atoms with Crippen LogP contribution in [0, 0.1) is 43.3 Å². The molecule has 8 rings (SSSR count). The SMILES string of the molecule is C1CCCSSCC1.C1CCSCC1.C1CCSSCC1.C1CSSC1.C=S1CCCCCCS1.C=S1CCCCCS1.C=S1CCCCS1.CC(C)(C)C.CC(C)(C)C.CC(C)(C)C.CC(C)(C)C.CC(C)(C)C.CC(C)(C)C.CC(C)(C)C.CC(C)(C)C.O=S1CCCS1. The van der Waals surface area contributed by atoms with Crippen LogP contribution in [-0.4, -0.2) is 114 Å². The molecule has 0 radical (unpaired) electrons. The second-order valence-electron chi connectivity index (χ2n) is 37.7. The minimum Gasteiger partial charge on any atom is -0.248 e. The summed E-state index contributed by atoms with van der Waals surface area (Å²) >= 11 is 2.09. The average Bonchev–Trinajstić information content (AvgIpc) is 3.84. The van der Waals surface area contributed by atoms with Crippen LogP contribution in [0.4, 0.5) is 0 Å². The van der Waals surface area contributed by atoms with E-state index in [1.54, 1.807) is 10.8 Å². The Labute approximate surface area is 664 Å². The van der Waals surface area contributed by atoms with Gasteiger partial charge in [0.05, 0.1) is 9.83 Å². The molecule has 1 nitrogen and oxygen atoms in total. The van der Waals surface area contributed by atoms with E-state index in [9.17, 15) is 4.21 Å². The lowest BCUT2D eigenvalue weighted by atomic mass is 10.0. The van der Waals surface area contributed by atoms with Crippen LogP contribution in [0.2, 0.25) is 0 Å². The zero-order chi connectivity index (χ0) is 76.3. The molecule has 8 aliphatic heterocycles. The lowest BCUT2D eigenvalue weighted by Crippen LogP contribution is -1.93. The quantitative estimate of drug-likeness (QED) is 0.170. The summed E-state index contributed by atoms with van der Waals surface area (Å²) < 4.78 is 10.3. The molecule has 0 aromatic carbocycles. The monoisotopic (exact) mass is 1630 g/mol. The summed E-state index contributed by atoms with van der Waals surface area (Å²) in [5.41, 5.74) is 4.00. The van der Waals surface area contributed by atoms with E-state index in [-0.39, 0.29) is 0 Å². The summed E-state index contributed by atoms with van der Waals surface area (Å²) in [6.07, 6.45) is 30.0. The fourth-order valence-corrected chi connectivity index (χ4v) is 24.7. The topological polar surface area (TPSA) is 17.1 Å². The summed E-state index contributed by atoms with van der Waals surface area (Å²) in [6, 6.07) is 0. The maximum absolute atomic E-state index is 10.3. The molecule has 592 valence electrons. The summed E-state index contributed by atoms with van der Waals surface area (Å²) in [7, 11) is 20.7. The molecular weight excluding hydrogens is 1460 g/mol. The molecule has 96 heavy (non-hydrogen) atoms. The first-order chi connectivity index (χ1) is 43.6. The molecule has 0 bridgehead atoms. The maximum Gasteiger partial charge on any atom is 0.0804 e. The molecule has 0 aliphatic carbocycles. The van der Waals surface area contributed by atoms with Crippen LogP contribution >= 0.6 is 148 Å². The van der Waals surface area contributed by atoms with Crippen LogP contribution in [0.25, 0.3) is 0 Å². The predicted molar refractivity (Wildman–Crippen MR) is 512 cm³/mol. The van der Waals surface area contributed by atoms with Gasteiger partial charge in [0, 0.05) is 63.3 Å². The van der Waals surface area contributed by atoms with Gasteiger partial charge in [0.1, 0.15) is 0 Å². The molecule has 4 atom stereocenters. The third-order valence-electron chi connectivity index (χ3n) is 8.41. The van der Waals surface area contributed by atoms with E-state index < -0.39 is 9.83 Å². The predicted octanol–water partition coefficient (Wildman–Crippen LogP) is 33.9. The Morgan fingerprint density at radius 2 is 0.365 bits per heavy atom. The van der Waals surface area contributed by atoms with Gasteiger partial charge < -0.3 is 0 Å². The van der Waals surface area contributed by atoms with Crippen LogP contribution < -0.4 is 0 Å². The molecule has 8 aliphatic rings. The first-order valence-electron chi connectivity index (χ1n) is 37.3. The molecule has 0 amide bonds. The minimum atomic E-state index is -0.506. The number of hydrogen-bond acceptors (Lipinski definition) is 12. The summed E-state index contributed by atoms with van der Waals surface area (Å²) in [5, 5.41) is 0. The van der Waals surface area contributed by atoms with Crippen molar-refractivity contribution in [2.75, 3.05) is 92.0 Å². The Kier molecular flexibility index (Phi) is 92.7. The molecule has 8 fully saturated rings. The first-order valence-corrected chi connectivity index (χ1v) is 58.0. The van der Waals surface area contributed by atoms with Gasteiger partial charge in [-0.15, -0.1) is 60.9 Å².